The maximum atomic E-state index is 10.5. The Bertz CT molecular complexity index is 1110. The van der Waals surface area contributed by atoms with Gasteiger partial charge >= 0.3 is 0 Å². The number of methoxy groups -OCH3 is 3. The van der Waals surface area contributed by atoms with Crippen LogP contribution in [-0.4, -0.2) is 43.9 Å². The molecule has 0 amide bonds. The zero-order valence-corrected chi connectivity index (χ0v) is 17.2. The van der Waals surface area contributed by atoms with E-state index in [0.29, 0.717) is 17.5 Å². The summed E-state index contributed by atoms with van der Waals surface area (Å²) in [6, 6.07) is 8.57. The molecule has 1 N–H and O–H groups in total. The van der Waals surface area contributed by atoms with Gasteiger partial charge in [-0.25, -0.2) is 0 Å². The fourth-order valence-corrected chi connectivity index (χ4v) is 5.23. The molecule has 0 aliphatic carbocycles. The first-order valence-corrected chi connectivity index (χ1v) is 10.3. The molecular weight excluding hydrogens is 366 g/mol. The number of phenolic OH excluding ortho intramolecular Hbond substituents is 1. The minimum absolute atomic E-state index is 0.188. The van der Waals surface area contributed by atoms with Gasteiger partial charge < -0.3 is 19.3 Å². The molecule has 1 fully saturated rings. The van der Waals surface area contributed by atoms with Crippen molar-refractivity contribution in [2.45, 2.75) is 38.3 Å². The number of aromatic hydroxyl groups is 1. The molecule has 2 aliphatic heterocycles. The molecule has 1 saturated heterocycles. The van der Waals surface area contributed by atoms with Crippen LogP contribution >= 0.6 is 0 Å². The molecule has 5 heteroatoms. The number of fused-ring (bicyclic) bond motifs is 7. The quantitative estimate of drug-likeness (QED) is 0.657. The molecule has 1 unspecified atom stereocenters. The van der Waals surface area contributed by atoms with Crippen molar-refractivity contribution in [3.8, 4) is 23.0 Å². The molecule has 2 heterocycles. The largest absolute Gasteiger partial charge is 0.504 e. The van der Waals surface area contributed by atoms with Crippen LogP contribution in [0.4, 0.5) is 0 Å². The Kier molecular flexibility index (Phi) is 4.43. The maximum absolute atomic E-state index is 10.5. The van der Waals surface area contributed by atoms with Crippen molar-refractivity contribution in [2.24, 2.45) is 0 Å². The lowest BCUT2D eigenvalue weighted by molar-refractivity contribution is 0.128. The number of ether oxygens (including phenoxy) is 3. The van der Waals surface area contributed by atoms with Crippen molar-refractivity contribution in [2.75, 3.05) is 27.9 Å². The van der Waals surface area contributed by atoms with Crippen molar-refractivity contribution < 1.29 is 19.3 Å². The van der Waals surface area contributed by atoms with E-state index in [0.717, 1.165) is 41.4 Å². The fourth-order valence-electron chi connectivity index (χ4n) is 5.23. The molecule has 1 atom stereocenters. The van der Waals surface area contributed by atoms with Gasteiger partial charge in [-0.3, -0.25) is 4.90 Å². The SMILES string of the molecule is COc1cc2c(cc1O)c1c(c3cc(OC)c(OC)cc32)CN2CCCCC2C1. The summed E-state index contributed by atoms with van der Waals surface area (Å²) in [7, 11) is 4.93. The third-order valence-electron chi connectivity index (χ3n) is 6.70. The van der Waals surface area contributed by atoms with Crippen molar-refractivity contribution in [3.63, 3.8) is 0 Å². The van der Waals surface area contributed by atoms with Crippen molar-refractivity contribution in [1.29, 1.82) is 0 Å². The van der Waals surface area contributed by atoms with Crippen LogP contribution in [0.2, 0.25) is 0 Å². The molecule has 0 saturated carbocycles. The predicted octanol–water partition coefficient (Wildman–Crippen LogP) is 4.64. The molecule has 0 aromatic heterocycles. The highest BCUT2D eigenvalue weighted by Crippen LogP contribution is 2.45. The molecule has 0 radical (unpaired) electrons. The zero-order valence-electron chi connectivity index (χ0n) is 17.2. The molecule has 0 bridgehead atoms. The van der Waals surface area contributed by atoms with Crippen LogP contribution < -0.4 is 14.2 Å². The fraction of sp³-hybridized carbons (Fsp3) is 0.417. The summed E-state index contributed by atoms with van der Waals surface area (Å²) in [6.45, 7) is 2.10. The van der Waals surface area contributed by atoms with Gasteiger partial charge in [-0.05, 0) is 82.7 Å². The summed E-state index contributed by atoms with van der Waals surface area (Å²) in [5.74, 6) is 2.13. The van der Waals surface area contributed by atoms with E-state index in [1.165, 1.54) is 35.8 Å². The molecule has 5 rings (SSSR count). The minimum Gasteiger partial charge on any atom is -0.504 e. The van der Waals surface area contributed by atoms with E-state index >= 15 is 0 Å². The van der Waals surface area contributed by atoms with Gasteiger partial charge in [-0.15, -0.1) is 0 Å². The number of nitrogens with zero attached hydrogens (tertiary/aromatic N) is 1. The summed E-state index contributed by atoms with van der Waals surface area (Å²) in [5, 5.41) is 15.0. The molecule has 5 nitrogen and oxygen atoms in total. The van der Waals surface area contributed by atoms with Gasteiger partial charge in [0, 0.05) is 12.6 Å². The summed E-state index contributed by atoms with van der Waals surface area (Å²) < 4.78 is 16.6. The molecular formula is C24H27NO4. The van der Waals surface area contributed by atoms with E-state index in [9.17, 15) is 5.11 Å². The Morgan fingerprint density at radius 3 is 2.10 bits per heavy atom. The summed E-state index contributed by atoms with van der Waals surface area (Å²) in [4.78, 5) is 2.62. The monoisotopic (exact) mass is 393 g/mol. The third-order valence-corrected chi connectivity index (χ3v) is 6.70. The highest BCUT2D eigenvalue weighted by molar-refractivity contribution is 6.12. The van der Waals surface area contributed by atoms with Crippen LogP contribution in [0.25, 0.3) is 21.5 Å². The molecule has 152 valence electrons. The van der Waals surface area contributed by atoms with Crippen LogP contribution in [0.3, 0.4) is 0 Å². The summed E-state index contributed by atoms with van der Waals surface area (Å²) in [6.07, 6.45) is 4.83. The topological polar surface area (TPSA) is 51.2 Å². The number of hydrogen-bond acceptors (Lipinski definition) is 5. The Labute approximate surface area is 170 Å². The van der Waals surface area contributed by atoms with Crippen molar-refractivity contribution in [1.82, 2.24) is 4.90 Å². The number of phenols is 1. The van der Waals surface area contributed by atoms with Crippen LogP contribution in [0.5, 0.6) is 23.0 Å². The van der Waals surface area contributed by atoms with E-state index in [1.54, 1.807) is 21.3 Å². The first-order valence-electron chi connectivity index (χ1n) is 10.3. The van der Waals surface area contributed by atoms with Gasteiger partial charge in [-0.2, -0.15) is 0 Å². The highest BCUT2D eigenvalue weighted by atomic mass is 16.5. The number of benzene rings is 3. The number of hydrogen-bond donors (Lipinski definition) is 1. The van der Waals surface area contributed by atoms with Crippen LogP contribution in [0, 0.1) is 0 Å². The van der Waals surface area contributed by atoms with Gasteiger partial charge in [0.1, 0.15) is 0 Å². The Morgan fingerprint density at radius 2 is 1.41 bits per heavy atom. The molecule has 0 spiro atoms. The lowest BCUT2D eigenvalue weighted by Crippen LogP contribution is -2.43. The first kappa shape index (κ1) is 18.4. The second-order valence-electron chi connectivity index (χ2n) is 8.10. The summed E-state index contributed by atoms with van der Waals surface area (Å²) >= 11 is 0. The molecule has 3 aromatic rings. The molecule has 2 aliphatic rings. The van der Waals surface area contributed by atoms with Gasteiger partial charge in [0.05, 0.1) is 21.3 Å². The van der Waals surface area contributed by atoms with E-state index < -0.39 is 0 Å². The van der Waals surface area contributed by atoms with Crippen molar-refractivity contribution in [3.05, 3.63) is 35.4 Å². The minimum atomic E-state index is 0.188. The van der Waals surface area contributed by atoms with Crippen LogP contribution in [0.1, 0.15) is 30.4 Å². The van der Waals surface area contributed by atoms with Gasteiger partial charge in [0.2, 0.25) is 0 Å². The van der Waals surface area contributed by atoms with Crippen molar-refractivity contribution >= 4 is 21.5 Å². The van der Waals surface area contributed by atoms with E-state index in [-0.39, 0.29) is 5.75 Å². The first-order chi connectivity index (χ1) is 14.1. The van der Waals surface area contributed by atoms with Crippen LogP contribution in [-0.2, 0) is 13.0 Å². The number of piperidine rings is 1. The average molecular weight is 393 g/mol. The highest BCUT2D eigenvalue weighted by Gasteiger charge is 2.31. The van der Waals surface area contributed by atoms with E-state index in [1.807, 2.05) is 12.1 Å². The Hall–Kier alpha value is -2.66. The average Bonchev–Trinajstić information content (AvgIpc) is 2.76. The Morgan fingerprint density at radius 1 is 0.793 bits per heavy atom. The lowest BCUT2D eigenvalue weighted by atomic mass is 9.82. The predicted molar refractivity (Wildman–Crippen MR) is 115 cm³/mol. The zero-order chi connectivity index (χ0) is 20.1. The molecule has 3 aromatic carbocycles. The normalized spacial score (nSPS) is 19.1. The summed E-state index contributed by atoms with van der Waals surface area (Å²) in [5.41, 5.74) is 2.69. The third kappa shape index (κ3) is 2.79. The second-order valence-corrected chi connectivity index (χ2v) is 8.10. The van der Waals surface area contributed by atoms with E-state index in [4.69, 9.17) is 14.2 Å². The van der Waals surface area contributed by atoms with Gasteiger partial charge in [0.15, 0.2) is 23.0 Å². The maximum Gasteiger partial charge on any atom is 0.161 e. The van der Waals surface area contributed by atoms with Gasteiger partial charge in [-0.1, -0.05) is 6.42 Å². The van der Waals surface area contributed by atoms with E-state index in [2.05, 4.69) is 17.0 Å². The standard InChI is InChI=1S/C24H27NO4/c1-27-22-10-17-16(9-21(22)26)15-8-14-6-4-5-7-25(14)13-20(15)19-12-24(29-3)23(28-2)11-18(17)19/h9-12,14,26H,4-8,13H2,1-3H3. The van der Waals surface area contributed by atoms with Gasteiger partial charge in [0.25, 0.3) is 0 Å². The lowest BCUT2D eigenvalue weighted by Gasteiger charge is -2.41. The number of rotatable bonds is 3. The Balaban J connectivity index is 1.88. The van der Waals surface area contributed by atoms with Crippen LogP contribution in [0.15, 0.2) is 24.3 Å². The smallest absolute Gasteiger partial charge is 0.161 e. The second kappa shape index (κ2) is 6.99. The molecule has 29 heavy (non-hydrogen) atoms.